The van der Waals surface area contributed by atoms with Crippen molar-refractivity contribution in [2.24, 2.45) is 0 Å². The van der Waals surface area contributed by atoms with Gasteiger partial charge >= 0.3 is 5.97 Å². The van der Waals surface area contributed by atoms with E-state index in [-0.39, 0.29) is 25.4 Å². The Labute approximate surface area is 70.4 Å². The molecule has 0 amide bonds. The predicted molar refractivity (Wildman–Crippen MR) is 40.8 cm³/mol. The molecule has 66 valence electrons. The summed E-state index contributed by atoms with van der Waals surface area (Å²) in [4.78, 5) is 10.3. The molecule has 0 aromatic heterocycles. The van der Waals surface area contributed by atoms with E-state index in [2.05, 4.69) is 5.32 Å². The summed E-state index contributed by atoms with van der Waals surface area (Å²) in [5.41, 5.74) is -1.34. The number of hydrogen-bond donors (Lipinski definition) is 2. The quantitative estimate of drug-likeness (QED) is 0.626. The van der Waals surface area contributed by atoms with Gasteiger partial charge in [-0.15, -0.1) is 12.4 Å². The zero-order valence-electron chi connectivity index (χ0n) is 6.13. The zero-order valence-corrected chi connectivity index (χ0v) is 6.95. The molecule has 0 aromatic carbocycles. The molecule has 1 aliphatic rings. The van der Waals surface area contributed by atoms with Crippen molar-refractivity contribution in [1.82, 2.24) is 5.32 Å². The monoisotopic (exact) mass is 183 g/mol. The molecule has 2 atom stereocenters. The molecular formula is C6H11ClFNO2. The van der Waals surface area contributed by atoms with Crippen LogP contribution >= 0.6 is 12.4 Å². The third-order valence-corrected chi connectivity index (χ3v) is 1.64. The molecule has 3 nitrogen and oxygen atoms in total. The van der Waals surface area contributed by atoms with Crippen molar-refractivity contribution >= 4 is 18.4 Å². The van der Waals surface area contributed by atoms with E-state index in [1.165, 1.54) is 6.92 Å². The number of hydrogen-bond acceptors (Lipinski definition) is 2. The molecule has 0 spiro atoms. The summed E-state index contributed by atoms with van der Waals surface area (Å²) < 4.78 is 12.9. The Hall–Kier alpha value is -0.350. The Bertz CT molecular complexity index is 163. The largest absolute Gasteiger partial charge is 0.480 e. The van der Waals surface area contributed by atoms with Gasteiger partial charge in [0.15, 0.2) is 0 Å². The van der Waals surface area contributed by atoms with Crippen LogP contribution in [0.4, 0.5) is 4.39 Å². The van der Waals surface area contributed by atoms with E-state index in [1.807, 2.05) is 0 Å². The van der Waals surface area contributed by atoms with Crippen LogP contribution in [0.3, 0.4) is 0 Å². The lowest BCUT2D eigenvalue weighted by Crippen LogP contribution is -2.30. The lowest BCUT2D eigenvalue weighted by Gasteiger charge is -2.08. The van der Waals surface area contributed by atoms with Gasteiger partial charge in [0.25, 0.3) is 0 Å². The number of carbonyl (C=O) groups is 1. The highest BCUT2D eigenvalue weighted by molar-refractivity contribution is 5.85. The van der Waals surface area contributed by atoms with Gasteiger partial charge in [-0.1, -0.05) is 0 Å². The fourth-order valence-corrected chi connectivity index (χ4v) is 1.08. The third-order valence-electron chi connectivity index (χ3n) is 1.64. The van der Waals surface area contributed by atoms with Crippen LogP contribution in [-0.2, 0) is 4.79 Å². The van der Waals surface area contributed by atoms with Gasteiger partial charge in [0.1, 0.15) is 11.7 Å². The van der Waals surface area contributed by atoms with Gasteiger partial charge in [-0.05, 0) is 6.92 Å². The fraction of sp³-hybridized carbons (Fsp3) is 0.833. The van der Waals surface area contributed by atoms with Gasteiger partial charge in [0.05, 0.1) is 0 Å². The smallest absolute Gasteiger partial charge is 0.320 e. The van der Waals surface area contributed by atoms with Gasteiger partial charge in [-0.25, -0.2) is 4.39 Å². The predicted octanol–water partition coefficient (Wildman–Crippen LogP) is 0.583. The van der Waals surface area contributed by atoms with E-state index in [0.717, 1.165) is 0 Å². The van der Waals surface area contributed by atoms with Crippen molar-refractivity contribution in [2.75, 3.05) is 6.54 Å². The van der Waals surface area contributed by atoms with Gasteiger partial charge < -0.3 is 10.4 Å². The van der Waals surface area contributed by atoms with Crippen molar-refractivity contribution in [3.63, 3.8) is 0 Å². The molecule has 0 saturated carbocycles. The van der Waals surface area contributed by atoms with Crippen LogP contribution in [0, 0.1) is 0 Å². The minimum Gasteiger partial charge on any atom is -0.480 e. The third kappa shape index (κ3) is 2.63. The SMILES string of the molecule is C[C@]1(F)CN[C@H](C(=O)O)C1.Cl. The maximum Gasteiger partial charge on any atom is 0.320 e. The standard InChI is InChI=1S/C6H10FNO2.ClH/c1-6(7)2-4(5(9)10)8-3-6;/h4,8H,2-3H2,1H3,(H,9,10);1H/t4-,6+;/m0./s1. The van der Waals surface area contributed by atoms with Crippen LogP contribution in [-0.4, -0.2) is 29.3 Å². The van der Waals surface area contributed by atoms with Crippen LogP contribution in [0.1, 0.15) is 13.3 Å². The Balaban J connectivity index is 0.000001000. The topological polar surface area (TPSA) is 49.3 Å². The van der Waals surface area contributed by atoms with Crippen molar-refractivity contribution in [1.29, 1.82) is 0 Å². The van der Waals surface area contributed by atoms with E-state index in [4.69, 9.17) is 5.11 Å². The van der Waals surface area contributed by atoms with E-state index in [1.54, 1.807) is 0 Å². The molecule has 0 aromatic rings. The van der Waals surface area contributed by atoms with E-state index < -0.39 is 17.7 Å². The first-order valence-corrected chi connectivity index (χ1v) is 3.16. The van der Waals surface area contributed by atoms with E-state index in [0.29, 0.717) is 0 Å². The van der Waals surface area contributed by atoms with Crippen LogP contribution < -0.4 is 5.32 Å². The lowest BCUT2D eigenvalue weighted by molar-refractivity contribution is -0.139. The fourth-order valence-electron chi connectivity index (χ4n) is 1.08. The van der Waals surface area contributed by atoms with Gasteiger partial charge in [-0.2, -0.15) is 0 Å². The molecule has 1 fully saturated rings. The number of halogens is 2. The maximum atomic E-state index is 12.9. The second-order valence-electron chi connectivity index (χ2n) is 2.89. The summed E-state index contributed by atoms with van der Waals surface area (Å²) in [6.07, 6.45) is 0.0718. The average Bonchev–Trinajstić information content (AvgIpc) is 2.10. The molecule has 1 rings (SSSR count). The van der Waals surface area contributed by atoms with Gasteiger partial charge in [0.2, 0.25) is 0 Å². The first-order chi connectivity index (χ1) is 4.51. The summed E-state index contributed by atoms with van der Waals surface area (Å²) in [5, 5.41) is 11.0. The first-order valence-electron chi connectivity index (χ1n) is 3.16. The molecule has 5 heteroatoms. The van der Waals surface area contributed by atoms with Crippen molar-refractivity contribution < 1.29 is 14.3 Å². The Kier molecular flexibility index (Phi) is 3.26. The lowest BCUT2D eigenvalue weighted by atomic mass is 10.1. The number of alkyl halides is 1. The van der Waals surface area contributed by atoms with Crippen LogP contribution in [0.25, 0.3) is 0 Å². The first kappa shape index (κ1) is 10.7. The minimum atomic E-state index is -1.34. The van der Waals surface area contributed by atoms with E-state index >= 15 is 0 Å². The molecule has 0 radical (unpaired) electrons. The Morgan fingerprint density at radius 3 is 2.55 bits per heavy atom. The molecule has 0 unspecified atom stereocenters. The van der Waals surface area contributed by atoms with Crippen molar-refractivity contribution in [3.05, 3.63) is 0 Å². The minimum absolute atomic E-state index is 0. The molecule has 1 heterocycles. The zero-order chi connectivity index (χ0) is 7.78. The molecule has 2 N–H and O–H groups in total. The van der Waals surface area contributed by atoms with Crippen LogP contribution in [0.15, 0.2) is 0 Å². The number of aliphatic carboxylic acids is 1. The number of rotatable bonds is 1. The van der Waals surface area contributed by atoms with Gasteiger partial charge in [0, 0.05) is 13.0 Å². The summed E-state index contributed by atoms with van der Waals surface area (Å²) in [5.74, 6) is -0.971. The molecule has 1 saturated heterocycles. The summed E-state index contributed by atoms with van der Waals surface area (Å²) in [7, 11) is 0. The highest BCUT2D eigenvalue weighted by atomic mass is 35.5. The number of carboxylic acid groups (broad SMARTS) is 1. The van der Waals surface area contributed by atoms with Crippen molar-refractivity contribution in [2.45, 2.75) is 25.1 Å². The normalized spacial score (nSPS) is 36.4. The summed E-state index contributed by atoms with van der Waals surface area (Å²) in [6.45, 7) is 1.55. The number of carboxylic acids is 1. The van der Waals surface area contributed by atoms with Crippen LogP contribution in [0.5, 0.6) is 0 Å². The van der Waals surface area contributed by atoms with Crippen LogP contribution in [0.2, 0.25) is 0 Å². The molecule has 0 aliphatic carbocycles. The highest BCUT2D eigenvalue weighted by Gasteiger charge is 2.38. The summed E-state index contributed by atoms with van der Waals surface area (Å²) >= 11 is 0. The average molecular weight is 184 g/mol. The summed E-state index contributed by atoms with van der Waals surface area (Å²) in [6, 6.07) is -0.699. The molecule has 1 aliphatic heterocycles. The molecule has 11 heavy (non-hydrogen) atoms. The maximum absolute atomic E-state index is 12.9. The molecule has 0 bridgehead atoms. The second-order valence-corrected chi connectivity index (χ2v) is 2.89. The highest BCUT2D eigenvalue weighted by Crippen LogP contribution is 2.22. The Morgan fingerprint density at radius 1 is 1.82 bits per heavy atom. The van der Waals surface area contributed by atoms with Crippen molar-refractivity contribution in [3.8, 4) is 0 Å². The number of nitrogens with one attached hydrogen (secondary N) is 1. The molecular weight excluding hydrogens is 173 g/mol. The Morgan fingerprint density at radius 2 is 2.36 bits per heavy atom. The van der Waals surface area contributed by atoms with E-state index in [9.17, 15) is 9.18 Å². The second kappa shape index (κ2) is 3.36. The van der Waals surface area contributed by atoms with Gasteiger partial charge in [-0.3, -0.25) is 4.79 Å².